The van der Waals surface area contributed by atoms with E-state index >= 15 is 0 Å². The number of anilines is 2. The summed E-state index contributed by atoms with van der Waals surface area (Å²) in [6, 6.07) is 9.65. The Morgan fingerprint density at radius 3 is 2.52 bits per heavy atom. The van der Waals surface area contributed by atoms with Gasteiger partial charge in [0.15, 0.2) is 0 Å². The fourth-order valence-corrected chi connectivity index (χ4v) is 2.13. The molecule has 0 unspecified atom stereocenters. The average Bonchev–Trinajstić information content (AvgIpc) is 2.46. The molecule has 1 aliphatic heterocycles. The molecule has 0 spiro atoms. The molecule has 2 amide bonds. The molecule has 0 aliphatic carbocycles. The lowest BCUT2D eigenvalue weighted by Crippen LogP contribution is -2.58. The van der Waals surface area contributed by atoms with Crippen molar-refractivity contribution in [1.29, 1.82) is 0 Å². The molecule has 0 atom stereocenters. The largest absolute Gasteiger partial charge is 0.348 e. The van der Waals surface area contributed by atoms with Crippen LogP contribution in [0.3, 0.4) is 0 Å². The molecule has 1 saturated heterocycles. The molecule has 2 N–H and O–H groups in total. The van der Waals surface area contributed by atoms with Gasteiger partial charge in [-0.25, -0.2) is 14.8 Å². The number of benzene rings is 1. The molecule has 2 aromatic rings. The molecule has 21 heavy (non-hydrogen) atoms. The Kier molecular flexibility index (Phi) is 3.68. The normalized spacial score (nSPS) is 14.4. The van der Waals surface area contributed by atoms with Crippen LogP contribution in [0.4, 0.5) is 16.4 Å². The van der Waals surface area contributed by atoms with Gasteiger partial charge in [-0.2, -0.15) is 0 Å². The molecule has 6 nitrogen and oxygen atoms in total. The highest BCUT2D eigenvalue weighted by Gasteiger charge is 2.30. The Morgan fingerprint density at radius 1 is 1.19 bits per heavy atom. The lowest BCUT2D eigenvalue weighted by Gasteiger charge is -2.39. The quantitative estimate of drug-likeness (QED) is 0.905. The van der Waals surface area contributed by atoms with Crippen LogP contribution in [-0.4, -0.2) is 40.0 Å². The van der Waals surface area contributed by atoms with E-state index in [0.717, 1.165) is 5.69 Å². The third-order valence-electron chi connectivity index (χ3n) is 3.37. The lowest BCUT2D eigenvalue weighted by atomic mass is 10.1. The zero-order chi connectivity index (χ0) is 14.7. The fraction of sp³-hybridized carbons (Fsp3) is 0.267. The predicted molar refractivity (Wildman–Crippen MR) is 81.2 cm³/mol. The molecular weight excluding hydrogens is 266 g/mol. The molecule has 6 heteroatoms. The van der Waals surface area contributed by atoms with E-state index in [0.29, 0.717) is 19.0 Å². The molecule has 108 valence electrons. The number of amides is 2. The van der Waals surface area contributed by atoms with Crippen LogP contribution in [0, 0.1) is 6.92 Å². The first-order valence-corrected chi connectivity index (χ1v) is 6.87. The van der Waals surface area contributed by atoms with Gasteiger partial charge in [0.2, 0.25) is 5.95 Å². The summed E-state index contributed by atoms with van der Waals surface area (Å²) in [4.78, 5) is 22.0. The first kappa shape index (κ1) is 13.4. The molecule has 0 radical (unpaired) electrons. The van der Waals surface area contributed by atoms with Crippen LogP contribution in [0.15, 0.2) is 42.7 Å². The van der Waals surface area contributed by atoms with Crippen LogP contribution in [0.5, 0.6) is 0 Å². The SMILES string of the molecule is Cc1ccc(NC(=O)N2CC(Nc3ncccn3)C2)cc1. The highest BCUT2D eigenvalue weighted by Crippen LogP contribution is 2.15. The highest BCUT2D eigenvalue weighted by atomic mass is 16.2. The first-order valence-electron chi connectivity index (χ1n) is 6.87. The monoisotopic (exact) mass is 283 g/mol. The number of carbonyl (C=O) groups is 1. The summed E-state index contributed by atoms with van der Waals surface area (Å²) < 4.78 is 0. The minimum Gasteiger partial charge on any atom is -0.348 e. The van der Waals surface area contributed by atoms with Crippen molar-refractivity contribution in [1.82, 2.24) is 14.9 Å². The Labute approximate surface area is 123 Å². The van der Waals surface area contributed by atoms with Gasteiger partial charge in [0.1, 0.15) is 0 Å². The van der Waals surface area contributed by atoms with Crippen molar-refractivity contribution in [3.05, 3.63) is 48.3 Å². The molecule has 3 rings (SSSR count). The average molecular weight is 283 g/mol. The molecular formula is C15H17N5O. The van der Waals surface area contributed by atoms with E-state index in [2.05, 4.69) is 20.6 Å². The van der Waals surface area contributed by atoms with Crippen molar-refractivity contribution in [2.45, 2.75) is 13.0 Å². The van der Waals surface area contributed by atoms with Gasteiger partial charge in [-0.3, -0.25) is 0 Å². The Hall–Kier alpha value is -2.63. The maximum Gasteiger partial charge on any atom is 0.321 e. The number of carbonyl (C=O) groups excluding carboxylic acids is 1. The second-order valence-corrected chi connectivity index (χ2v) is 5.11. The van der Waals surface area contributed by atoms with Crippen LogP contribution < -0.4 is 10.6 Å². The van der Waals surface area contributed by atoms with Crippen molar-refractivity contribution in [3.63, 3.8) is 0 Å². The molecule has 1 aromatic carbocycles. The number of nitrogens with one attached hydrogen (secondary N) is 2. The van der Waals surface area contributed by atoms with Crippen LogP contribution in [0.25, 0.3) is 0 Å². The number of likely N-dealkylation sites (tertiary alicyclic amines) is 1. The predicted octanol–water partition coefficient (Wildman–Crippen LogP) is 2.11. The van der Waals surface area contributed by atoms with Crippen LogP contribution in [0.1, 0.15) is 5.56 Å². The minimum absolute atomic E-state index is 0.0779. The number of rotatable bonds is 3. The molecule has 0 bridgehead atoms. The molecule has 0 saturated carbocycles. The fourth-order valence-electron chi connectivity index (χ4n) is 2.13. The van der Waals surface area contributed by atoms with Crippen LogP contribution in [-0.2, 0) is 0 Å². The van der Waals surface area contributed by atoms with Crippen molar-refractivity contribution >= 4 is 17.7 Å². The van der Waals surface area contributed by atoms with E-state index < -0.39 is 0 Å². The van der Waals surface area contributed by atoms with E-state index in [1.165, 1.54) is 5.56 Å². The second-order valence-electron chi connectivity index (χ2n) is 5.11. The third-order valence-corrected chi connectivity index (χ3v) is 3.37. The molecule has 1 fully saturated rings. The lowest BCUT2D eigenvalue weighted by molar-refractivity contribution is 0.171. The van der Waals surface area contributed by atoms with Crippen molar-refractivity contribution in [2.24, 2.45) is 0 Å². The van der Waals surface area contributed by atoms with E-state index in [1.807, 2.05) is 31.2 Å². The maximum atomic E-state index is 12.0. The summed E-state index contributed by atoms with van der Waals surface area (Å²) in [6.07, 6.45) is 3.38. The number of urea groups is 1. The number of aryl methyl sites for hydroxylation is 1. The number of hydrogen-bond donors (Lipinski definition) is 2. The standard InChI is InChI=1S/C15H17N5O/c1-11-3-5-12(6-4-11)19-15(21)20-9-13(10-20)18-14-16-7-2-8-17-14/h2-8,13H,9-10H2,1H3,(H,19,21)(H,16,17,18). The Balaban J connectivity index is 1.47. The Morgan fingerprint density at radius 2 is 1.86 bits per heavy atom. The number of hydrogen-bond acceptors (Lipinski definition) is 4. The first-order chi connectivity index (χ1) is 10.2. The molecule has 1 aromatic heterocycles. The third kappa shape index (κ3) is 3.28. The number of aromatic nitrogens is 2. The summed E-state index contributed by atoms with van der Waals surface area (Å²) in [5, 5.41) is 6.07. The van der Waals surface area contributed by atoms with Gasteiger partial charge in [-0.05, 0) is 25.1 Å². The van der Waals surface area contributed by atoms with E-state index in [4.69, 9.17) is 0 Å². The van der Waals surface area contributed by atoms with E-state index in [1.54, 1.807) is 23.4 Å². The molecule has 2 heterocycles. The van der Waals surface area contributed by atoms with E-state index in [-0.39, 0.29) is 12.1 Å². The molecule has 1 aliphatic rings. The number of nitrogens with zero attached hydrogens (tertiary/aromatic N) is 3. The highest BCUT2D eigenvalue weighted by molar-refractivity contribution is 5.90. The summed E-state index contributed by atoms with van der Waals surface area (Å²) in [7, 11) is 0. The summed E-state index contributed by atoms with van der Waals surface area (Å²) in [5.74, 6) is 0.598. The smallest absolute Gasteiger partial charge is 0.321 e. The van der Waals surface area contributed by atoms with Gasteiger partial charge in [-0.1, -0.05) is 17.7 Å². The van der Waals surface area contributed by atoms with Gasteiger partial charge >= 0.3 is 6.03 Å². The van der Waals surface area contributed by atoms with Crippen molar-refractivity contribution in [3.8, 4) is 0 Å². The van der Waals surface area contributed by atoms with Crippen LogP contribution in [0.2, 0.25) is 0 Å². The van der Waals surface area contributed by atoms with Gasteiger partial charge in [0.05, 0.1) is 6.04 Å². The summed E-state index contributed by atoms with van der Waals surface area (Å²) in [6.45, 7) is 3.31. The Bertz CT molecular complexity index is 608. The van der Waals surface area contributed by atoms with Gasteiger partial charge < -0.3 is 15.5 Å². The zero-order valence-corrected chi connectivity index (χ0v) is 11.8. The van der Waals surface area contributed by atoms with Gasteiger partial charge in [0, 0.05) is 31.2 Å². The van der Waals surface area contributed by atoms with Crippen LogP contribution >= 0.6 is 0 Å². The topological polar surface area (TPSA) is 70.2 Å². The summed E-state index contributed by atoms with van der Waals surface area (Å²) in [5.41, 5.74) is 1.98. The van der Waals surface area contributed by atoms with Gasteiger partial charge in [0.25, 0.3) is 0 Å². The van der Waals surface area contributed by atoms with E-state index in [9.17, 15) is 4.79 Å². The zero-order valence-electron chi connectivity index (χ0n) is 11.8. The maximum absolute atomic E-state index is 12.0. The summed E-state index contributed by atoms with van der Waals surface area (Å²) >= 11 is 0. The van der Waals surface area contributed by atoms with Crippen molar-refractivity contribution < 1.29 is 4.79 Å². The minimum atomic E-state index is -0.0779. The van der Waals surface area contributed by atoms with Gasteiger partial charge in [-0.15, -0.1) is 0 Å². The van der Waals surface area contributed by atoms with Crippen molar-refractivity contribution in [2.75, 3.05) is 23.7 Å². The second kappa shape index (κ2) is 5.78.